The quantitative estimate of drug-likeness (QED) is 0.886. The number of rotatable bonds is 2. The van der Waals surface area contributed by atoms with Crippen LogP contribution in [0.2, 0.25) is 0 Å². The second-order valence-corrected chi connectivity index (χ2v) is 9.58. The molecule has 23 heavy (non-hydrogen) atoms. The van der Waals surface area contributed by atoms with E-state index in [1.165, 1.54) is 0 Å². The number of hydrogen-bond acceptors (Lipinski definition) is 4. The molecule has 0 aliphatic carbocycles. The lowest BCUT2D eigenvalue weighted by Crippen LogP contribution is -2.32. The van der Waals surface area contributed by atoms with Crippen LogP contribution in [0.3, 0.4) is 0 Å². The first-order valence-corrected chi connectivity index (χ1v) is 10.4. The minimum atomic E-state index is -3.49. The topological polar surface area (TPSA) is 66.5 Å². The number of fused-ring (bicyclic) bond motifs is 1. The van der Waals surface area contributed by atoms with E-state index >= 15 is 0 Å². The minimum absolute atomic E-state index is 0.0620. The molecule has 2 aliphatic rings. The van der Waals surface area contributed by atoms with Gasteiger partial charge in [-0.2, -0.15) is 4.31 Å². The Kier molecular flexibility index (Phi) is 4.98. The van der Waals surface area contributed by atoms with Gasteiger partial charge in [-0.3, -0.25) is 4.79 Å². The summed E-state index contributed by atoms with van der Waals surface area (Å²) in [6.45, 7) is 3.16. The lowest BCUT2D eigenvalue weighted by molar-refractivity contribution is -0.116. The van der Waals surface area contributed by atoms with Gasteiger partial charge in [-0.05, 0) is 31.0 Å². The molecule has 0 unspecified atom stereocenters. The first-order valence-electron chi connectivity index (χ1n) is 8.07. The highest BCUT2D eigenvalue weighted by Gasteiger charge is 2.27. The molecule has 1 atom stereocenters. The molecule has 0 saturated carbocycles. The number of sulfonamides is 1. The van der Waals surface area contributed by atoms with Crippen LogP contribution in [0.25, 0.3) is 0 Å². The molecule has 1 fully saturated rings. The van der Waals surface area contributed by atoms with Crippen LogP contribution < -0.4 is 5.32 Å². The summed E-state index contributed by atoms with van der Waals surface area (Å²) in [7, 11) is -3.49. The summed E-state index contributed by atoms with van der Waals surface area (Å²) in [5.41, 5.74) is 0.611. The second kappa shape index (κ2) is 6.83. The molecule has 1 aromatic rings. The van der Waals surface area contributed by atoms with E-state index < -0.39 is 10.0 Å². The van der Waals surface area contributed by atoms with E-state index in [9.17, 15) is 13.2 Å². The van der Waals surface area contributed by atoms with E-state index in [4.69, 9.17) is 0 Å². The molecule has 0 radical (unpaired) electrons. The molecule has 126 valence electrons. The fraction of sp³-hybridized carbons (Fsp3) is 0.562. The van der Waals surface area contributed by atoms with Crippen LogP contribution in [0.4, 0.5) is 5.69 Å². The number of benzene rings is 1. The highest BCUT2D eigenvalue weighted by Crippen LogP contribution is 2.36. The van der Waals surface area contributed by atoms with Gasteiger partial charge in [-0.15, -0.1) is 11.8 Å². The summed E-state index contributed by atoms with van der Waals surface area (Å²) in [4.78, 5) is 13.1. The zero-order valence-corrected chi connectivity index (χ0v) is 14.9. The largest absolute Gasteiger partial charge is 0.325 e. The Morgan fingerprint density at radius 2 is 1.87 bits per heavy atom. The Bertz CT molecular complexity index is 695. The maximum Gasteiger partial charge on any atom is 0.243 e. The van der Waals surface area contributed by atoms with Crippen molar-refractivity contribution in [2.24, 2.45) is 0 Å². The second-order valence-electron chi connectivity index (χ2n) is 6.16. The summed E-state index contributed by atoms with van der Waals surface area (Å²) in [5.74, 6) is -0.0620. The van der Waals surface area contributed by atoms with Gasteiger partial charge in [0.25, 0.3) is 0 Å². The van der Waals surface area contributed by atoms with E-state index in [1.54, 1.807) is 28.2 Å². The average molecular weight is 354 g/mol. The van der Waals surface area contributed by atoms with Gasteiger partial charge in [-0.25, -0.2) is 8.42 Å². The Balaban J connectivity index is 1.92. The van der Waals surface area contributed by atoms with Gasteiger partial charge >= 0.3 is 0 Å². The van der Waals surface area contributed by atoms with E-state index in [0.29, 0.717) is 25.2 Å². The van der Waals surface area contributed by atoms with Crippen molar-refractivity contribution in [3.63, 3.8) is 0 Å². The maximum absolute atomic E-state index is 12.9. The van der Waals surface area contributed by atoms with Crippen molar-refractivity contribution < 1.29 is 13.2 Å². The van der Waals surface area contributed by atoms with E-state index in [-0.39, 0.29) is 16.1 Å². The summed E-state index contributed by atoms with van der Waals surface area (Å²) in [6.07, 6.45) is 4.43. The number of hydrogen-bond donors (Lipinski definition) is 1. The van der Waals surface area contributed by atoms with Gasteiger partial charge in [0.05, 0.1) is 10.6 Å². The first-order chi connectivity index (χ1) is 11.0. The van der Waals surface area contributed by atoms with Gasteiger partial charge in [0.1, 0.15) is 0 Å². The molecule has 1 saturated heterocycles. The molecule has 0 spiro atoms. The minimum Gasteiger partial charge on any atom is -0.325 e. The molecular weight excluding hydrogens is 332 g/mol. The number of thioether (sulfide) groups is 1. The number of nitrogens with one attached hydrogen (secondary N) is 1. The maximum atomic E-state index is 12.9. The number of carbonyl (C=O) groups excluding carboxylic acids is 1. The molecule has 5 nitrogen and oxygen atoms in total. The summed E-state index contributed by atoms with van der Waals surface area (Å²) < 4.78 is 27.3. The summed E-state index contributed by atoms with van der Waals surface area (Å²) in [5, 5.41) is 3.02. The smallest absolute Gasteiger partial charge is 0.243 e. The third-order valence-electron chi connectivity index (χ3n) is 4.23. The predicted molar refractivity (Wildman–Crippen MR) is 92.2 cm³/mol. The fourth-order valence-corrected chi connectivity index (χ4v) is 5.62. The van der Waals surface area contributed by atoms with Crippen molar-refractivity contribution >= 4 is 33.4 Å². The van der Waals surface area contributed by atoms with Gasteiger partial charge in [0, 0.05) is 29.7 Å². The lowest BCUT2D eigenvalue weighted by Gasteiger charge is -2.20. The average Bonchev–Trinajstić information content (AvgIpc) is 2.84. The van der Waals surface area contributed by atoms with Crippen LogP contribution in [0, 0.1) is 0 Å². The lowest BCUT2D eigenvalue weighted by atomic mass is 10.2. The first kappa shape index (κ1) is 16.8. The molecule has 0 aromatic heterocycles. The third kappa shape index (κ3) is 3.72. The van der Waals surface area contributed by atoms with Crippen LogP contribution >= 0.6 is 11.8 Å². The molecule has 2 aliphatic heterocycles. The van der Waals surface area contributed by atoms with Crippen LogP contribution in [0.1, 0.15) is 39.0 Å². The van der Waals surface area contributed by atoms with Gasteiger partial charge < -0.3 is 5.32 Å². The van der Waals surface area contributed by atoms with Crippen LogP contribution in [0.5, 0.6) is 0 Å². The molecule has 0 bridgehead atoms. The highest BCUT2D eigenvalue weighted by atomic mass is 32.2. The SMILES string of the molecule is C[C@H]1CC(=O)Nc2cc(S(=O)(=O)N3CCCCCC3)ccc2S1. The molecule has 1 amide bonds. The van der Waals surface area contributed by atoms with E-state index in [1.807, 2.05) is 13.0 Å². The monoisotopic (exact) mass is 354 g/mol. The molecule has 1 aromatic carbocycles. The van der Waals surface area contributed by atoms with Gasteiger partial charge in [0.2, 0.25) is 15.9 Å². The van der Waals surface area contributed by atoms with E-state index in [2.05, 4.69) is 5.32 Å². The molecule has 7 heteroatoms. The summed E-state index contributed by atoms with van der Waals surface area (Å²) in [6, 6.07) is 5.08. The predicted octanol–water partition coefficient (Wildman–Crippen LogP) is 3.07. The van der Waals surface area contributed by atoms with Crippen LogP contribution in [-0.4, -0.2) is 37.0 Å². The number of nitrogens with zero attached hydrogens (tertiary/aromatic N) is 1. The standard InChI is InChI=1S/C16H22N2O3S2/c1-12-10-16(19)17-14-11-13(6-7-15(14)22-12)23(20,21)18-8-4-2-3-5-9-18/h6-7,11-12H,2-5,8-10H2,1H3,(H,17,19)/t12-/m0/s1. The molecule has 3 rings (SSSR count). The van der Waals surface area contributed by atoms with Crippen molar-refractivity contribution in [1.29, 1.82) is 0 Å². The number of carbonyl (C=O) groups is 1. The highest BCUT2D eigenvalue weighted by molar-refractivity contribution is 8.00. The zero-order chi connectivity index (χ0) is 16.4. The normalized spacial score (nSPS) is 23.5. The third-order valence-corrected chi connectivity index (χ3v) is 7.30. The molecular formula is C16H22N2O3S2. The van der Waals surface area contributed by atoms with Crippen molar-refractivity contribution in [3.8, 4) is 0 Å². The van der Waals surface area contributed by atoms with Crippen molar-refractivity contribution in [3.05, 3.63) is 18.2 Å². The number of anilines is 1. The molecule has 1 N–H and O–H groups in total. The Labute approximate surface area is 141 Å². The zero-order valence-electron chi connectivity index (χ0n) is 13.2. The van der Waals surface area contributed by atoms with Crippen molar-refractivity contribution in [2.75, 3.05) is 18.4 Å². The molecule has 2 heterocycles. The summed E-state index contributed by atoms with van der Waals surface area (Å²) >= 11 is 1.60. The van der Waals surface area contributed by atoms with Gasteiger partial charge in [0.15, 0.2) is 0 Å². The Hall–Kier alpha value is -1.05. The van der Waals surface area contributed by atoms with Crippen molar-refractivity contribution in [1.82, 2.24) is 4.31 Å². The fourth-order valence-electron chi connectivity index (χ4n) is 3.02. The number of amides is 1. The van der Waals surface area contributed by atoms with Gasteiger partial charge in [-0.1, -0.05) is 19.8 Å². The van der Waals surface area contributed by atoms with Crippen LogP contribution in [0.15, 0.2) is 28.0 Å². The van der Waals surface area contributed by atoms with Crippen molar-refractivity contribution in [2.45, 2.75) is 54.1 Å². The van der Waals surface area contributed by atoms with Crippen LogP contribution in [-0.2, 0) is 14.8 Å². The Morgan fingerprint density at radius 1 is 1.17 bits per heavy atom. The Morgan fingerprint density at radius 3 is 2.57 bits per heavy atom. The van der Waals surface area contributed by atoms with E-state index in [0.717, 1.165) is 30.6 Å².